The second-order valence-electron chi connectivity index (χ2n) is 15.3. The number of amides is 2. The lowest BCUT2D eigenvalue weighted by Gasteiger charge is -2.25. The summed E-state index contributed by atoms with van der Waals surface area (Å²) >= 11 is 2.14. The third kappa shape index (κ3) is 22.2. The van der Waals surface area contributed by atoms with E-state index in [1.165, 1.54) is 12.4 Å². The van der Waals surface area contributed by atoms with Gasteiger partial charge in [-0.3, -0.25) is 9.59 Å². The van der Waals surface area contributed by atoms with Gasteiger partial charge >= 0.3 is 11.9 Å². The Kier molecular flexibility index (Phi) is 20.6. The first-order chi connectivity index (χ1) is 26.3. The molecule has 14 nitrogen and oxygen atoms in total. The molecule has 0 aliphatic carbocycles. The van der Waals surface area contributed by atoms with Crippen molar-refractivity contribution in [3.8, 4) is 34.1 Å². The van der Waals surface area contributed by atoms with E-state index in [9.17, 15) is 19.2 Å². The maximum absolute atomic E-state index is 12.8. The average Bonchev–Trinajstić information content (AvgIpc) is 3.79. The van der Waals surface area contributed by atoms with Crippen LogP contribution < -0.4 is 30.7 Å². The molecule has 0 aromatic carbocycles. The van der Waals surface area contributed by atoms with Crippen molar-refractivity contribution >= 4 is 46.4 Å². The molecule has 0 bridgehead atoms. The molecule has 2 aromatic heterocycles. The summed E-state index contributed by atoms with van der Waals surface area (Å²) in [5.41, 5.74) is -0.576. The van der Waals surface area contributed by atoms with Crippen molar-refractivity contribution in [3.05, 3.63) is 34.3 Å². The molecule has 0 radical (unpaired) electrons. The van der Waals surface area contributed by atoms with Crippen molar-refractivity contribution in [1.29, 1.82) is 0 Å². The van der Waals surface area contributed by atoms with Crippen LogP contribution in [0.25, 0.3) is 0 Å². The zero-order valence-corrected chi connectivity index (χ0v) is 35.9. The molecule has 2 atom stereocenters. The highest BCUT2D eigenvalue weighted by Gasteiger charge is 2.22. The van der Waals surface area contributed by atoms with Crippen molar-refractivity contribution in [2.24, 2.45) is 11.8 Å². The van der Waals surface area contributed by atoms with Gasteiger partial charge in [-0.25, -0.2) is 19.6 Å². The Bertz CT molecular complexity index is 1590. The predicted octanol–water partition coefficient (Wildman–Crippen LogP) is 4.77. The zero-order valence-electron chi connectivity index (χ0n) is 34.3. The fourth-order valence-electron chi connectivity index (χ4n) is 4.04. The smallest absolute Gasteiger partial charge is 0.331 e. The third-order valence-corrected chi connectivity index (χ3v) is 8.51. The minimum Gasteiger partial charge on any atom is -0.466 e. The first-order valence-corrected chi connectivity index (χ1v) is 20.2. The summed E-state index contributed by atoms with van der Waals surface area (Å²) in [5, 5.41) is 12.7. The number of hydrogen-bond donors (Lipinski definition) is 4. The highest BCUT2D eigenvalue weighted by atomic mass is 32.1. The van der Waals surface area contributed by atoms with Gasteiger partial charge in [0.2, 0.25) is 0 Å². The summed E-state index contributed by atoms with van der Waals surface area (Å²) in [6.07, 6.45) is 4.39. The van der Waals surface area contributed by atoms with Crippen LogP contribution in [0.2, 0.25) is 0 Å². The highest BCUT2D eigenvalue weighted by Crippen LogP contribution is 2.22. The largest absolute Gasteiger partial charge is 0.466 e. The third-order valence-electron chi connectivity index (χ3n) is 6.70. The molecule has 0 fully saturated rings. The van der Waals surface area contributed by atoms with Gasteiger partial charge < -0.3 is 40.2 Å². The fourth-order valence-corrected chi connectivity index (χ4v) is 5.43. The van der Waals surface area contributed by atoms with Gasteiger partial charge in [0.15, 0.2) is 0 Å². The van der Waals surface area contributed by atoms with Crippen LogP contribution in [-0.2, 0) is 19.1 Å². The van der Waals surface area contributed by atoms with Gasteiger partial charge in [-0.1, -0.05) is 50.4 Å². The number of rotatable bonds is 20. The number of thiazole rings is 2. The molecule has 2 rings (SSSR count). The lowest BCUT2D eigenvalue weighted by atomic mass is 10.1. The van der Waals surface area contributed by atoms with Crippen LogP contribution in [0.5, 0.6) is 10.4 Å². The van der Waals surface area contributed by atoms with Gasteiger partial charge in [0.05, 0.1) is 12.4 Å². The summed E-state index contributed by atoms with van der Waals surface area (Å²) in [6, 6.07) is 0. The van der Waals surface area contributed by atoms with Gasteiger partial charge in [0, 0.05) is 74.1 Å². The second-order valence-corrected chi connectivity index (χ2v) is 17.3. The maximum Gasteiger partial charge on any atom is 0.331 e. The standard InChI is InChI=1S/C40H58N6O8S2/c1-27(2)15-11-13-19-41-35(49)31-23-43-37(55-31)51-25-29(21-45-39(5,6)7)53-33(47)17-18-34(48)54-30(22-46-40(8,9)10)26-52-38-44-24-32(56-38)36(50)42-20-14-12-16-28(3)4/h17-18,23-24,27-30,45-46H,13-14,19-22,25-26H2,1-10H3,(H,41,49)(H,42,50)/b18-17-. The molecule has 0 spiro atoms. The van der Waals surface area contributed by atoms with E-state index in [1.807, 2.05) is 69.2 Å². The van der Waals surface area contributed by atoms with E-state index < -0.39 is 24.1 Å². The van der Waals surface area contributed by atoms with Crippen molar-refractivity contribution in [3.63, 3.8) is 0 Å². The number of carbonyl (C=O) groups excluding carboxylic acids is 4. The Morgan fingerprint density at radius 2 is 1.05 bits per heavy atom. The van der Waals surface area contributed by atoms with E-state index in [2.05, 4.69) is 54.9 Å². The summed E-state index contributed by atoms with van der Waals surface area (Å²) in [7, 11) is 0. The Hall–Kier alpha value is -4.48. The predicted molar refractivity (Wildman–Crippen MR) is 219 cm³/mol. The van der Waals surface area contributed by atoms with Crippen LogP contribution in [0.3, 0.4) is 0 Å². The molecule has 2 amide bonds. The van der Waals surface area contributed by atoms with Gasteiger partial charge in [-0.2, -0.15) is 0 Å². The number of nitrogens with one attached hydrogen (secondary N) is 4. The topological polar surface area (TPSA) is 179 Å². The molecule has 2 aromatic rings. The lowest BCUT2D eigenvalue weighted by Crippen LogP contribution is -2.44. The normalized spacial score (nSPS) is 12.6. The quantitative estimate of drug-likeness (QED) is 0.0624. The maximum atomic E-state index is 12.8. The molecule has 308 valence electrons. The molecule has 0 aliphatic rings. The minimum atomic E-state index is -0.785. The van der Waals surface area contributed by atoms with Crippen molar-refractivity contribution < 1.29 is 38.1 Å². The molecule has 2 unspecified atom stereocenters. The average molecular weight is 815 g/mol. The molecule has 0 saturated carbocycles. The number of nitrogens with zero attached hydrogens (tertiary/aromatic N) is 2. The number of ether oxygens (including phenoxy) is 4. The van der Waals surface area contributed by atoms with Crippen LogP contribution >= 0.6 is 22.7 Å². The first-order valence-electron chi connectivity index (χ1n) is 18.6. The summed E-state index contributed by atoms with van der Waals surface area (Å²) in [6.45, 7) is 21.0. The number of carbonyl (C=O) groups is 4. The van der Waals surface area contributed by atoms with E-state index in [0.29, 0.717) is 35.7 Å². The number of hydrogen-bond acceptors (Lipinski definition) is 14. The van der Waals surface area contributed by atoms with E-state index in [-0.39, 0.29) is 71.4 Å². The minimum absolute atomic E-state index is 0.0581. The number of aromatic nitrogens is 2. The van der Waals surface area contributed by atoms with Crippen LogP contribution in [-0.4, -0.2) is 96.4 Å². The van der Waals surface area contributed by atoms with Crippen molar-refractivity contribution in [2.45, 2.75) is 105 Å². The number of esters is 2. The monoisotopic (exact) mass is 814 g/mol. The molecule has 4 N–H and O–H groups in total. The fraction of sp³-hybridized carbons (Fsp3) is 0.600. The summed E-state index contributed by atoms with van der Waals surface area (Å²) in [5.74, 6) is 10.6. The molecule has 0 aliphatic heterocycles. The molecule has 2 heterocycles. The van der Waals surface area contributed by atoms with Crippen molar-refractivity contribution in [1.82, 2.24) is 31.2 Å². The van der Waals surface area contributed by atoms with Crippen molar-refractivity contribution in [2.75, 3.05) is 39.4 Å². The lowest BCUT2D eigenvalue weighted by molar-refractivity contribution is -0.147. The van der Waals surface area contributed by atoms with Gasteiger partial charge in [-0.05, 0) is 41.5 Å². The summed E-state index contributed by atoms with van der Waals surface area (Å²) < 4.78 is 22.8. The van der Waals surface area contributed by atoms with E-state index in [4.69, 9.17) is 18.9 Å². The highest BCUT2D eigenvalue weighted by molar-refractivity contribution is 7.15. The molecular weight excluding hydrogens is 757 g/mol. The Morgan fingerprint density at radius 1 is 0.679 bits per heavy atom. The van der Waals surface area contributed by atoms with Crippen LogP contribution in [0.4, 0.5) is 0 Å². The molecule has 16 heteroatoms. The van der Waals surface area contributed by atoms with Gasteiger partial charge in [-0.15, -0.1) is 23.7 Å². The second kappa shape index (κ2) is 24.2. The van der Waals surface area contributed by atoms with Crippen LogP contribution in [0.1, 0.15) is 101 Å². The first kappa shape index (κ1) is 47.7. The van der Waals surface area contributed by atoms with E-state index in [1.54, 1.807) is 0 Å². The molecule has 0 saturated heterocycles. The van der Waals surface area contributed by atoms with E-state index in [0.717, 1.165) is 34.8 Å². The van der Waals surface area contributed by atoms with Gasteiger partial charge in [0.1, 0.15) is 35.2 Å². The van der Waals surface area contributed by atoms with Crippen LogP contribution in [0, 0.1) is 35.5 Å². The molecule has 56 heavy (non-hydrogen) atoms. The zero-order chi connectivity index (χ0) is 41.7. The Labute approximate surface area is 339 Å². The molecular formula is C40H58N6O8S2. The Morgan fingerprint density at radius 3 is 1.39 bits per heavy atom. The SMILES string of the molecule is CC(C)C#CCCNC(=O)c1cnc(OCC(CNC(C)(C)C)OC(=O)/C=C\C(=O)OC(CNC(C)(C)C)COc2ncc(C(=O)NCCC#CC(C)C)s2)s1. The van der Waals surface area contributed by atoms with E-state index >= 15 is 0 Å². The van der Waals surface area contributed by atoms with Crippen LogP contribution in [0.15, 0.2) is 24.5 Å². The Balaban J connectivity index is 1.96. The van der Waals surface area contributed by atoms with Gasteiger partial charge in [0.25, 0.3) is 22.2 Å². The summed E-state index contributed by atoms with van der Waals surface area (Å²) in [4.78, 5) is 59.8.